The summed E-state index contributed by atoms with van der Waals surface area (Å²) in [6.45, 7) is 2.12. The summed E-state index contributed by atoms with van der Waals surface area (Å²) < 4.78 is 0.912. The maximum absolute atomic E-state index is 12.2. The van der Waals surface area contributed by atoms with Crippen molar-refractivity contribution in [2.75, 3.05) is 12.4 Å². The molecule has 0 bridgehead atoms. The zero-order chi connectivity index (χ0) is 17.0. The molecule has 0 unspecified atom stereocenters. The van der Waals surface area contributed by atoms with Gasteiger partial charge in [0.2, 0.25) is 0 Å². The molecule has 0 spiro atoms. The molecule has 2 rings (SSSR count). The monoisotopic (exact) mass is 377 g/mol. The SMILES string of the molecule is Cc1c(Br)cccc1NC(=O)c1ccc(CN(C)C(=O)O)cn1. The highest BCUT2D eigenvalue weighted by Crippen LogP contribution is 2.23. The summed E-state index contributed by atoms with van der Waals surface area (Å²) in [6.07, 6.45) is 0.485. The average Bonchev–Trinajstić information content (AvgIpc) is 2.52. The quantitative estimate of drug-likeness (QED) is 0.853. The van der Waals surface area contributed by atoms with E-state index in [9.17, 15) is 9.59 Å². The smallest absolute Gasteiger partial charge is 0.407 e. The first kappa shape index (κ1) is 17.0. The van der Waals surface area contributed by atoms with E-state index in [1.165, 1.54) is 13.2 Å². The van der Waals surface area contributed by atoms with Gasteiger partial charge in [-0.3, -0.25) is 9.78 Å². The first-order valence-electron chi connectivity index (χ1n) is 6.84. The number of rotatable bonds is 4. The highest BCUT2D eigenvalue weighted by Gasteiger charge is 2.11. The molecule has 0 atom stereocenters. The predicted octanol–water partition coefficient (Wildman–Crippen LogP) is 3.51. The van der Waals surface area contributed by atoms with Crippen molar-refractivity contribution in [3.8, 4) is 0 Å². The van der Waals surface area contributed by atoms with Gasteiger partial charge in [0.25, 0.3) is 5.91 Å². The number of hydrogen-bond donors (Lipinski definition) is 2. The molecular weight excluding hydrogens is 362 g/mol. The molecule has 23 heavy (non-hydrogen) atoms. The lowest BCUT2D eigenvalue weighted by atomic mass is 10.2. The molecule has 0 aliphatic carbocycles. The molecule has 7 heteroatoms. The average molecular weight is 378 g/mol. The molecule has 0 saturated carbocycles. The molecular formula is C16H16BrN3O3. The van der Waals surface area contributed by atoms with Crippen LogP contribution in [0.25, 0.3) is 0 Å². The summed E-state index contributed by atoms with van der Waals surface area (Å²) >= 11 is 3.42. The van der Waals surface area contributed by atoms with E-state index in [4.69, 9.17) is 5.11 Å². The number of anilines is 1. The largest absolute Gasteiger partial charge is 0.465 e. The maximum atomic E-state index is 12.2. The van der Waals surface area contributed by atoms with Crippen molar-refractivity contribution in [3.05, 3.63) is 57.8 Å². The van der Waals surface area contributed by atoms with Crippen LogP contribution in [0.2, 0.25) is 0 Å². The zero-order valence-electron chi connectivity index (χ0n) is 12.7. The molecule has 1 aromatic carbocycles. The summed E-state index contributed by atoms with van der Waals surface area (Å²) in [6, 6.07) is 8.82. The van der Waals surface area contributed by atoms with E-state index in [1.54, 1.807) is 12.1 Å². The van der Waals surface area contributed by atoms with E-state index < -0.39 is 6.09 Å². The van der Waals surface area contributed by atoms with Crippen molar-refractivity contribution in [2.24, 2.45) is 0 Å². The number of hydrogen-bond acceptors (Lipinski definition) is 3. The Hall–Kier alpha value is -2.41. The normalized spacial score (nSPS) is 10.2. The van der Waals surface area contributed by atoms with Gasteiger partial charge in [-0.25, -0.2) is 4.79 Å². The Labute approximate surface area is 142 Å². The number of carbonyl (C=O) groups excluding carboxylic acids is 1. The molecule has 2 amide bonds. The Morgan fingerprint density at radius 2 is 2.04 bits per heavy atom. The van der Waals surface area contributed by atoms with Gasteiger partial charge in [-0.2, -0.15) is 0 Å². The van der Waals surface area contributed by atoms with Gasteiger partial charge in [0.05, 0.1) is 6.54 Å². The zero-order valence-corrected chi connectivity index (χ0v) is 14.3. The summed E-state index contributed by atoms with van der Waals surface area (Å²) in [5.74, 6) is -0.315. The fourth-order valence-corrected chi connectivity index (χ4v) is 2.29. The lowest BCUT2D eigenvalue weighted by Crippen LogP contribution is -2.24. The van der Waals surface area contributed by atoms with Crippen molar-refractivity contribution in [1.29, 1.82) is 0 Å². The van der Waals surface area contributed by atoms with Crippen molar-refractivity contribution in [3.63, 3.8) is 0 Å². The Morgan fingerprint density at radius 3 is 2.65 bits per heavy atom. The lowest BCUT2D eigenvalue weighted by Gasteiger charge is -2.13. The Morgan fingerprint density at radius 1 is 1.30 bits per heavy atom. The number of carbonyl (C=O) groups is 2. The van der Waals surface area contributed by atoms with Crippen LogP contribution in [0, 0.1) is 6.92 Å². The topological polar surface area (TPSA) is 82.5 Å². The van der Waals surface area contributed by atoms with Crippen LogP contribution >= 0.6 is 15.9 Å². The maximum Gasteiger partial charge on any atom is 0.407 e. The molecule has 120 valence electrons. The van der Waals surface area contributed by atoms with Gasteiger partial charge in [-0.15, -0.1) is 0 Å². The summed E-state index contributed by atoms with van der Waals surface area (Å²) in [5.41, 5.74) is 2.62. The summed E-state index contributed by atoms with van der Waals surface area (Å²) in [4.78, 5) is 28.2. The highest BCUT2D eigenvalue weighted by atomic mass is 79.9. The van der Waals surface area contributed by atoms with Gasteiger partial charge >= 0.3 is 6.09 Å². The minimum absolute atomic E-state index is 0.217. The molecule has 1 aromatic heterocycles. The number of amides is 2. The van der Waals surface area contributed by atoms with E-state index in [0.29, 0.717) is 11.3 Å². The second kappa shape index (κ2) is 7.23. The van der Waals surface area contributed by atoms with Crippen molar-refractivity contribution in [2.45, 2.75) is 13.5 Å². The van der Waals surface area contributed by atoms with E-state index >= 15 is 0 Å². The first-order chi connectivity index (χ1) is 10.9. The molecule has 2 aromatic rings. The molecule has 0 fully saturated rings. The van der Waals surface area contributed by atoms with Gasteiger partial charge < -0.3 is 15.3 Å². The fourth-order valence-electron chi connectivity index (χ4n) is 1.92. The van der Waals surface area contributed by atoms with Gasteiger partial charge in [-0.05, 0) is 36.2 Å². The second-order valence-electron chi connectivity index (χ2n) is 5.06. The van der Waals surface area contributed by atoms with Crippen LogP contribution in [0.3, 0.4) is 0 Å². The van der Waals surface area contributed by atoms with E-state index in [-0.39, 0.29) is 18.1 Å². The predicted molar refractivity (Wildman–Crippen MR) is 90.6 cm³/mol. The number of halogens is 1. The van der Waals surface area contributed by atoms with E-state index in [2.05, 4.69) is 26.2 Å². The number of carboxylic acid groups (broad SMARTS) is 1. The van der Waals surface area contributed by atoms with Crippen LogP contribution in [0.4, 0.5) is 10.5 Å². The first-order valence-corrected chi connectivity index (χ1v) is 7.63. The van der Waals surface area contributed by atoms with Crippen molar-refractivity contribution >= 4 is 33.6 Å². The van der Waals surface area contributed by atoms with Crippen LogP contribution < -0.4 is 5.32 Å². The third-order valence-electron chi connectivity index (χ3n) is 3.32. The standard InChI is InChI=1S/C16H16BrN3O3/c1-10-12(17)4-3-5-13(10)19-15(21)14-7-6-11(8-18-14)9-20(2)16(22)23/h3-8H,9H2,1-2H3,(H,19,21)(H,22,23). The lowest BCUT2D eigenvalue weighted by molar-refractivity contribution is 0.102. The van der Waals surface area contributed by atoms with E-state index in [0.717, 1.165) is 14.9 Å². The Balaban J connectivity index is 2.08. The van der Waals surface area contributed by atoms with Crippen LogP contribution in [-0.4, -0.2) is 34.0 Å². The molecule has 6 nitrogen and oxygen atoms in total. The molecule has 2 N–H and O–H groups in total. The highest BCUT2D eigenvalue weighted by molar-refractivity contribution is 9.10. The Kier molecular flexibility index (Phi) is 5.33. The molecule has 0 saturated heterocycles. The van der Waals surface area contributed by atoms with Crippen molar-refractivity contribution < 1.29 is 14.7 Å². The number of nitrogens with zero attached hydrogens (tertiary/aromatic N) is 2. The molecule has 1 heterocycles. The Bertz CT molecular complexity index is 732. The van der Waals surface area contributed by atoms with Crippen LogP contribution in [0.1, 0.15) is 21.6 Å². The van der Waals surface area contributed by atoms with Crippen molar-refractivity contribution in [1.82, 2.24) is 9.88 Å². The number of benzene rings is 1. The number of aromatic nitrogens is 1. The summed E-state index contributed by atoms with van der Waals surface area (Å²) in [7, 11) is 1.47. The third kappa shape index (κ3) is 4.29. The van der Waals surface area contributed by atoms with Gasteiger partial charge in [0.15, 0.2) is 0 Å². The van der Waals surface area contributed by atoms with E-state index in [1.807, 2.05) is 25.1 Å². The summed E-state index contributed by atoms with van der Waals surface area (Å²) in [5, 5.41) is 11.6. The van der Waals surface area contributed by atoms with Gasteiger partial charge in [0, 0.05) is 23.4 Å². The van der Waals surface area contributed by atoms with Crippen LogP contribution in [0.5, 0.6) is 0 Å². The number of pyridine rings is 1. The van der Waals surface area contributed by atoms with Gasteiger partial charge in [-0.1, -0.05) is 28.1 Å². The minimum atomic E-state index is -1.02. The third-order valence-corrected chi connectivity index (χ3v) is 4.18. The molecule has 0 radical (unpaired) electrons. The molecule has 0 aliphatic rings. The number of nitrogens with one attached hydrogen (secondary N) is 1. The van der Waals surface area contributed by atoms with Gasteiger partial charge in [0.1, 0.15) is 5.69 Å². The minimum Gasteiger partial charge on any atom is -0.465 e. The van der Waals surface area contributed by atoms with Crippen LogP contribution in [-0.2, 0) is 6.54 Å². The van der Waals surface area contributed by atoms with Crippen LogP contribution in [0.15, 0.2) is 41.0 Å². The molecule has 0 aliphatic heterocycles. The fraction of sp³-hybridized carbons (Fsp3) is 0.188. The second-order valence-corrected chi connectivity index (χ2v) is 5.91.